The van der Waals surface area contributed by atoms with Gasteiger partial charge in [0.15, 0.2) is 0 Å². The van der Waals surface area contributed by atoms with E-state index in [-0.39, 0.29) is 0 Å². The minimum absolute atomic E-state index is 1.04. The van der Waals surface area contributed by atoms with E-state index in [2.05, 4.69) is 65.1 Å². The van der Waals surface area contributed by atoms with Gasteiger partial charge in [0, 0.05) is 38.3 Å². The van der Waals surface area contributed by atoms with E-state index in [4.69, 9.17) is 4.99 Å². The largest absolute Gasteiger partial charge is 0.353 e. The highest BCUT2D eigenvalue weighted by Gasteiger charge is 2.31. The van der Waals surface area contributed by atoms with Gasteiger partial charge in [-0.05, 0) is 49.7 Å². The average Bonchev–Trinajstić information content (AvgIpc) is 2.98. The van der Waals surface area contributed by atoms with Gasteiger partial charge in [0.25, 0.3) is 0 Å². The Morgan fingerprint density at radius 1 is 0.960 bits per heavy atom. The summed E-state index contributed by atoms with van der Waals surface area (Å²) < 4.78 is 0. The van der Waals surface area contributed by atoms with Gasteiger partial charge >= 0.3 is 0 Å². The van der Waals surface area contributed by atoms with Crippen molar-refractivity contribution in [3.63, 3.8) is 0 Å². The quantitative estimate of drug-likeness (QED) is 0.739. The second-order valence-corrected chi connectivity index (χ2v) is 7.44. The Balaban J connectivity index is 1.71. The topological polar surface area (TPSA) is 22.1 Å². The number of piperazine rings is 1. The lowest BCUT2D eigenvalue weighted by atomic mass is 10.1. The molecule has 0 amide bonds. The summed E-state index contributed by atoms with van der Waals surface area (Å²) in [6, 6.07) is 13.4. The van der Waals surface area contributed by atoms with Crippen LogP contribution >= 0.6 is 0 Å². The van der Waals surface area contributed by atoms with Crippen molar-refractivity contribution < 1.29 is 0 Å². The van der Waals surface area contributed by atoms with Crippen molar-refractivity contribution in [1.29, 1.82) is 0 Å². The fourth-order valence-electron chi connectivity index (χ4n) is 4.34. The highest BCUT2D eigenvalue weighted by atomic mass is 15.3. The molecule has 0 aliphatic carbocycles. The van der Waals surface area contributed by atoms with E-state index in [0.29, 0.717) is 0 Å². The minimum atomic E-state index is 1.04. The van der Waals surface area contributed by atoms with Gasteiger partial charge in [-0.25, -0.2) is 4.99 Å². The molecule has 2 aromatic carbocycles. The Morgan fingerprint density at radius 3 is 2.60 bits per heavy atom. The second kappa shape index (κ2) is 5.60. The Morgan fingerprint density at radius 2 is 1.76 bits per heavy atom. The molecule has 0 radical (unpaired) electrons. The predicted octanol–water partition coefficient (Wildman–Crippen LogP) is 3.33. The van der Waals surface area contributed by atoms with E-state index in [1.807, 2.05) is 0 Å². The maximum Gasteiger partial charge on any atom is 0.138 e. The van der Waals surface area contributed by atoms with Crippen molar-refractivity contribution in [3.05, 3.63) is 53.1 Å². The molecule has 0 N–H and O–H groups in total. The van der Waals surface area contributed by atoms with Crippen LogP contribution < -0.4 is 4.90 Å². The van der Waals surface area contributed by atoms with Crippen molar-refractivity contribution in [3.8, 4) is 0 Å². The van der Waals surface area contributed by atoms with Crippen LogP contribution in [0, 0.1) is 6.92 Å². The summed E-state index contributed by atoms with van der Waals surface area (Å²) in [4.78, 5) is 12.6. The normalized spacial score (nSPS) is 19.4. The third-order valence-electron chi connectivity index (χ3n) is 5.65. The van der Waals surface area contributed by atoms with Crippen molar-refractivity contribution in [2.45, 2.75) is 13.3 Å². The lowest BCUT2D eigenvalue weighted by Gasteiger charge is -2.35. The summed E-state index contributed by atoms with van der Waals surface area (Å²) in [5.74, 6) is 1.14. The first kappa shape index (κ1) is 15.0. The van der Waals surface area contributed by atoms with Crippen LogP contribution in [0.4, 0.5) is 17.1 Å². The van der Waals surface area contributed by atoms with Gasteiger partial charge in [0.2, 0.25) is 0 Å². The zero-order chi connectivity index (χ0) is 17.0. The fourth-order valence-corrected chi connectivity index (χ4v) is 4.34. The summed E-state index contributed by atoms with van der Waals surface area (Å²) in [7, 11) is 2.20. The van der Waals surface area contributed by atoms with Crippen LogP contribution in [0.1, 0.15) is 16.7 Å². The van der Waals surface area contributed by atoms with Crippen molar-refractivity contribution in [2.24, 2.45) is 4.99 Å². The average molecular weight is 332 g/mol. The molecule has 4 nitrogen and oxygen atoms in total. The molecule has 1 saturated heterocycles. The monoisotopic (exact) mass is 332 g/mol. The summed E-state index contributed by atoms with van der Waals surface area (Å²) >= 11 is 0. The molecule has 0 saturated carbocycles. The van der Waals surface area contributed by atoms with Gasteiger partial charge in [0.05, 0.1) is 17.1 Å². The molecule has 4 heteroatoms. The van der Waals surface area contributed by atoms with E-state index >= 15 is 0 Å². The zero-order valence-electron chi connectivity index (χ0n) is 15.0. The molecule has 25 heavy (non-hydrogen) atoms. The lowest BCUT2D eigenvalue weighted by Crippen LogP contribution is -2.47. The van der Waals surface area contributed by atoms with E-state index < -0.39 is 0 Å². The molecule has 128 valence electrons. The van der Waals surface area contributed by atoms with Gasteiger partial charge in [-0.3, -0.25) is 0 Å². The number of aliphatic imine (C=N–C) groups is 1. The Kier molecular flexibility index (Phi) is 3.35. The van der Waals surface area contributed by atoms with Crippen LogP contribution in [0.2, 0.25) is 0 Å². The number of rotatable bonds is 0. The molecule has 2 aromatic rings. The number of aryl methyl sites for hydroxylation is 1. The van der Waals surface area contributed by atoms with Crippen LogP contribution in [0.3, 0.4) is 0 Å². The van der Waals surface area contributed by atoms with Gasteiger partial charge in [-0.1, -0.05) is 18.2 Å². The molecule has 1 fully saturated rings. The predicted molar refractivity (Wildman–Crippen MR) is 104 cm³/mol. The van der Waals surface area contributed by atoms with Crippen LogP contribution in [0.15, 0.2) is 41.4 Å². The summed E-state index contributed by atoms with van der Waals surface area (Å²) in [5.41, 5.74) is 7.78. The highest BCUT2D eigenvalue weighted by Crippen LogP contribution is 2.46. The van der Waals surface area contributed by atoms with Crippen molar-refractivity contribution in [1.82, 2.24) is 9.80 Å². The minimum Gasteiger partial charge on any atom is -0.353 e. The second-order valence-electron chi connectivity index (χ2n) is 7.44. The first-order chi connectivity index (χ1) is 12.2. The molecule has 0 unspecified atom stereocenters. The maximum absolute atomic E-state index is 5.22. The maximum atomic E-state index is 5.22. The lowest BCUT2D eigenvalue weighted by molar-refractivity contribution is 0.216. The smallest absolute Gasteiger partial charge is 0.138 e. The van der Waals surface area contributed by atoms with Gasteiger partial charge < -0.3 is 14.7 Å². The molecular weight excluding hydrogens is 308 g/mol. The summed E-state index contributed by atoms with van der Waals surface area (Å²) in [6.45, 7) is 7.50. The number of nitrogens with zero attached hydrogens (tertiary/aromatic N) is 4. The van der Waals surface area contributed by atoms with Gasteiger partial charge in [0.1, 0.15) is 5.84 Å². The number of hydrogen-bond acceptors (Lipinski definition) is 4. The van der Waals surface area contributed by atoms with E-state index in [1.54, 1.807) is 0 Å². The molecule has 0 bridgehead atoms. The third-order valence-corrected chi connectivity index (χ3v) is 5.65. The fraction of sp³-hybridized carbons (Fsp3) is 0.381. The van der Waals surface area contributed by atoms with Crippen LogP contribution in [0.25, 0.3) is 0 Å². The highest BCUT2D eigenvalue weighted by molar-refractivity contribution is 6.08. The van der Waals surface area contributed by atoms with E-state index in [1.165, 1.54) is 28.1 Å². The number of likely N-dealkylation sites (N-methyl/N-ethyl adjacent to an activating group) is 1. The third kappa shape index (κ3) is 2.35. The number of anilines is 2. The molecule has 3 heterocycles. The molecular formula is C21H24N4. The van der Waals surface area contributed by atoms with Gasteiger partial charge in [-0.15, -0.1) is 0 Å². The zero-order valence-corrected chi connectivity index (χ0v) is 15.0. The van der Waals surface area contributed by atoms with Crippen molar-refractivity contribution in [2.75, 3.05) is 44.7 Å². The van der Waals surface area contributed by atoms with E-state index in [0.717, 1.165) is 50.7 Å². The van der Waals surface area contributed by atoms with Gasteiger partial charge in [-0.2, -0.15) is 0 Å². The number of fused-ring (bicyclic) bond motifs is 2. The molecule has 5 rings (SSSR count). The van der Waals surface area contributed by atoms with Crippen LogP contribution in [-0.2, 0) is 6.42 Å². The Hall–Kier alpha value is -2.33. The number of hydrogen-bond donors (Lipinski definition) is 0. The Labute approximate surface area is 149 Å². The molecule has 0 spiro atoms. The van der Waals surface area contributed by atoms with Crippen molar-refractivity contribution >= 4 is 22.9 Å². The molecule has 3 aliphatic heterocycles. The number of amidine groups is 1. The standard InChI is InChI=1S/C21H24N4/c1-15-13-16-7-8-25-19-6-4-3-5-17(19)21(22-18(14-15)20(16)25)24-11-9-23(2)10-12-24/h3-6,13-14H,7-12H2,1-2H3. The number of para-hydroxylation sites is 1. The molecule has 3 aliphatic rings. The van der Waals surface area contributed by atoms with Crippen LogP contribution in [-0.4, -0.2) is 55.4 Å². The molecule has 0 aromatic heterocycles. The molecule has 0 atom stereocenters. The van der Waals surface area contributed by atoms with E-state index in [9.17, 15) is 0 Å². The first-order valence-electron chi connectivity index (χ1n) is 9.23. The first-order valence-corrected chi connectivity index (χ1v) is 9.23. The van der Waals surface area contributed by atoms with Crippen LogP contribution in [0.5, 0.6) is 0 Å². The number of benzene rings is 2. The summed E-state index contributed by atoms with van der Waals surface area (Å²) in [5, 5.41) is 0. The SMILES string of the molecule is Cc1cc2c3c(c1)N=C(N1CCN(C)CC1)c1ccccc1N3CC2. The Bertz CT molecular complexity index is 862. The summed E-state index contributed by atoms with van der Waals surface area (Å²) in [6.07, 6.45) is 1.11.